The topological polar surface area (TPSA) is 52.6 Å². The molecule has 1 aromatic carbocycles. The molecule has 1 aliphatic heterocycles. The molecule has 132 valence electrons. The fraction of sp³-hybridized carbons (Fsp3) is 0.650. The fourth-order valence-corrected chi connectivity index (χ4v) is 4.03. The van der Waals surface area contributed by atoms with Crippen LogP contribution in [0.1, 0.15) is 56.9 Å². The van der Waals surface area contributed by atoms with Crippen LogP contribution in [0, 0.1) is 0 Å². The van der Waals surface area contributed by atoms with Gasteiger partial charge in [0.15, 0.2) is 0 Å². The molecule has 1 aromatic rings. The van der Waals surface area contributed by atoms with Crippen LogP contribution in [0.2, 0.25) is 0 Å². The van der Waals surface area contributed by atoms with Gasteiger partial charge in [0.2, 0.25) is 5.91 Å². The van der Waals surface area contributed by atoms with Gasteiger partial charge in [-0.3, -0.25) is 9.69 Å². The van der Waals surface area contributed by atoms with Crippen LogP contribution < -0.4 is 5.32 Å². The van der Waals surface area contributed by atoms with Crippen molar-refractivity contribution in [2.24, 2.45) is 0 Å². The first-order valence-corrected chi connectivity index (χ1v) is 9.45. The van der Waals surface area contributed by atoms with Crippen molar-refractivity contribution in [1.82, 2.24) is 10.2 Å². The average Bonchev–Trinajstić information content (AvgIpc) is 2.81. The van der Waals surface area contributed by atoms with E-state index in [4.69, 9.17) is 0 Å². The Labute approximate surface area is 145 Å². The van der Waals surface area contributed by atoms with E-state index in [0.29, 0.717) is 19.0 Å². The van der Waals surface area contributed by atoms with Crippen molar-refractivity contribution in [2.75, 3.05) is 19.6 Å². The van der Waals surface area contributed by atoms with Crippen LogP contribution in [-0.2, 0) is 10.4 Å². The maximum absolute atomic E-state index is 12.2. The Morgan fingerprint density at radius 1 is 1.17 bits per heavy atom. The second-order valence-corrected chi connectivity index (χ2v) is 7.43. The van der Waals surface area contributed by atoms with Gasteiger partial charge >= 0.3 is 0 Å². The fourth-order valence-electron chi connectivity index (χ4n) is 4.03. The molecule has 4 heteroatoms. The van der Waals surface area contributed by atoms with Crippen LogP contribution >= 0.6 is 0 Å². The quantitative estimate of drug-likeness (QED) is 0.816. The van der Waals surface area contributed by atoms with E-state index in [9.17, 15) is 9.90 Å². The van der Waals surface area contributed by atoms with E-state index in [0.717, 1.165) is 37.9 Å². The molecule has 0 bridgehead atoms. The van der Waals surface area contributed by atoms with E-state index >= 15 is 0 Å². The lowest BCUT2D eigenvalue weighted by atomic mass is 9.93. The van der Waals surface area contributed by atoms with Crippen molar-refractivity contribution in [3.63, 3.8) is 0 Å². The van der Waals surface area contributed by atoms with Gasteiger partial charge in [0.25, 0.3) is 0 Å². The molecule has 4 nitrogen and oxygen atoms in total. The van der Waals surface area contributed by atoms with Gasteiger partial charge in [-0.25, -0.2) is 0 Å². The van der Waals surface area contributed by atoms with Crippen molar-refractivity contribution in [3.05, 3.63) is 35.9 Å². The zero-order chi connectivity index (χ0) is 16.8. The molecule has 1 amide bonds. The molecule has 3 rings (SSSR count). The van der Waals surface area contributed by atoms with E-state index in [-0.39, 0.29) is 5.91 Å². The molecule has 1 heterocycles. The van der Waals surface area contributed by atoms with Crippen LogP contribution in [0.4, 0.5) is 0 Å². The number of nitrogens with one attached hydrogen (secondary N) is 1. The maximum Gasteiger partial charge on any atom is 0.221 e. The second-order valence-electron chi connectivity index (χ2n) is 7.43. The summed E-state index contributed by atoms with van der Waals surface area (Å²) in [6.07, 6.45) is 8.61. The number of hydrogen-bond acceptors (Lipinski definition) is 3. The van der Waals surface area contributed by atoms with Crippen molar-refractivity contribution in [1.29, 1.82) is 0 Å². The Hall–Kier alpha value is -1.39. The summed E-state index contributed by atoms with van der Waals surface area (Å²) in [4.78, 5) is 14.4. The first-order valence-electron chi connectivity index (χ1n) is 9.45. The highest BCUT2D eigenvalue weighted by atomic mass is 16.3. The predicted octanol–water partition coefficient (Wildman–Crippen LogP) is 2.81. The molecule has 0 radical (unpaired) electrons. The van der Waals surface area contributed by atoms with Gasteiger partial charge in [-0.15, -0.1) is 0 Å². The molecule has 0 aromatic heterocycles. The molecular weight excluding hydrogens is 300 g/mol. The minimum Gasteiger partial charge on any atom is -0.384 e. The zero-order valence-corrected chi connectivity index (χ0v) is 14.5. The summed E-state index contributed by atoms with van der Waals surface area (Å²) in [5.41, 5.74) is 0.217. The van der Waals surface area contributed by atoms with Crippen molar-refractivity contribution in [3.8, 4) is 0 Å². The standard InChI is InChI=1S/C20H30N2O2/c23-19(21-18-10-6-1-2-7-11-18)12-14-22-15-13-20(24,16-22)17-8-4-3-5-9-17/h3-5,8-9,18,24H,1-2,6-7,10-16H2,(H,21,23)/t20-/m1/s1. The van der Waals surface area contributed by atoms with Crippen LogP contribution in [0.15, 0.2) is 30.3 Å². The summed E-state index contributed by atoms with van der Waals surface area (Å²) in [7, 11) is 0. The molecule has 1 saturated heterocycles. The van der Waals surface area contributed by atoms with Crippen LogP contribution in [0.3, 0.4) is 0 Å². The molecule has 1 atom stereocenters. The summed E-state index contributed by atoms with van der Waals surface area (Å²) >= 11 is 0. The largest absolute Gasteiger partial charge is 0.384 e. The number of rotatable bonds is 5. The van der Waals surface area contributed by atoms with E-state index in [1.807, 2.05) is 30.3 Å². The van der Waals surface area contributed by atoms with Crippen molar-refractivity contribution < 1.29 is 9.90 Å². The van der Waals surface area contributed by atoms with E-state index in [1.165, 1.54) is 25.7 Å². The van der Waals surface area contributed by atoms with Gasteiger partial charge < -0.3 is 10.4 Å². The zero-order valence-electron chi connectivity index (χ0n) is 14.5. The van der Waals surface area contributed by atoms with Gasteiger partial charge in [0.05, 0.1) is 0 Å². The number of carbonyl (C=O) groups is 1. The van der Waals surface area contributed by atoms with Gasteiger partial charge in [0.1, 0.15) is 5.60 Å². The third-order valence-corrected chi connectivity index (χ3v) is 5.51. The molecule has 1 aliphatic carbocycles. The molecule has 2 fully saturated rings. The normalized spacial score (nSPS) is 26.2. The Bertz CT molecular complexity index is 526. The number of β-amino-alcohol motifs (C(OH)–C–C–N with tert-alkyl or cyclic N) is 1. The first-order chi connectivity index (χ1) is 11.7. The summed E-state index contributed by atoms with van der Waals surface area (Å²) < 4.78 is 0. The van der Waals surface area contributed by atoms with E-state index in [1.54, 1.807) is 0 Å². The molecule has 0 spiro atoms. The molecule has 1 saturated carbocycles. The Balaban J connectivity index is 1.43. The SMILES string of the molecule is O=C(CCN1CC[C@](O)(c2ccccc2)C1)NC1CCCCCC1. The monoisotopic (exact) mass is 330 g/mol. The number of nitrogens with zero attached hydrogens (tertiary/aromatic N) is 1. The van der Waals surface area contributed by atoms with E-state index < -0.39 is 5.60 Å². The lowest BCUT2D eigenvalue weighted by molar-refractivity contribution is -0.122. The summed E-state index contributed by atoms with van der Waals surface area (Å²) in [6.45, 7) is 2.20. The molecule has 0 unspecified atom stereocenters. The second kappa shape index (κ2) is 8.13. The number of amides is 1. The Morgan fingerprint density at radius 2 is 1.88 bits per heavy atom. The van der Waals surface area contributed by atoms with Crippen molar-refractivity contribution >= 4 is 5.91 Å². The molecule has 2 N–H and O–H groups in total. The molecule has 2 aliphatic rings. The summed E-state index contributed by atoms with van der Waals surface area (Å²) in [5, 5.41) is 14.1. The smallest absolute Gasteiger partial charge is 0.221 e. The highest BCUT2D eigenvalue weighted by Gasteiger charge is 2.37. The van der Waals surface area contributed by atoms with Gasteiger partial charge in [-0.05, 0) is 24.8 Å². The van der Waals surface area contributed by atoms with Crippen LogP contribution in [0.5, 0.6) is 0 Å². The highest BCUT2D eigenvalue weighted by molar-refractivity contribution is 5.76. The minimum absolute atomic E-state index is 0.164. The molecule has 24 heavy (non-hydrogen) atoms. The van der Waals surface area contributed by atoms with E-state index in [2.05, 4.69) is 10.2 Å². The van der Waals surface area contributed by atoms with Gasteiger partial charge in [0, 0.05) is 32.1 Å². The maximum atomic E-state index is 12.2. The number of benzene rings is 1. The summed E-state index contributed by atoms with van der Waals surface area (Å²) in [6, 6.07) is 10.3. The third-order valence-electron chi connectivity index (χ3n) is 5.51. The first kappa shape index (κ1) is 17.4. The lowest BCUT2D eigenvalue weighted by Gasteiger charge is -2.24. The summed E-state index contributed by atoms with van der Waals surface area (Å²) in [5.74, 6) is 0.164. The van der Waals surface area contributed by atoms with Crippen molar-refractivity contribution in [2.45, 2.75) is 63.0 Å². The Morgan fingerprint density at radius 3 is 2.58 bits per heavy atom. The van der Waals surface area contributed by atoms with Crippen LogP contribution in [0.25, 0.3) is 0 Å². The minimum atomic E-state index is -0.765. The Kier molecular flexibility index (Phi) is 5.90. The number of aliphatic hydroxyl groups is 1. The predicted molar refractivity (Wildman–Crippen MR) is 95.6 cm³/mol. The average molecular weight is 330 g/mol. The number of hydrogen-bond donors (Lipinski definition) is 2. The van der Waals surface area contributed by atoms with Gasteiger partial charge in [-0.2, -0.15) is 0 Å². The highest BCUT2D eigenvalue weighted by Crippen LogP contribution is 2.31. The van der Waals surface area contributed by atoms with Gasteiger partial charge in [-0.1, -0.05) is 56.0 Å². The van der Waals surface area contributed by atoms with Crippen LogP contribution in [-0.4, -0.2) is 41.6 Å². The molecular formula is C20H30N2O2. The third kappa shape index (κ3) is 4.58. The number of likely N-dealkylation sites (tertiary alicyclic amines) is 1. The lowest BCUT2D eigenvalue weighted by Crippen LogP contribution is -2.37. The number of carbonyl (C=O) groups excluding carboxylic acids is 1.